The van der Waals surface area contributed by atoms with E-state index in [2.05, 4.69) is 13.2 Å². The van der Waals surface area contributed by atoms with Crippen molar-refractivity contribution in [3.63, 3.8) is 0 Å². The third-order valence-corrected chi connectivity index (χ3v) is 3.27. The lowest BCUT2D eigenvalue weighted by molar-refractivity contribution is 0.117. The molecule has 3 heteroatoms. The Morgan fingerprint density at radius 2 is 2.17 bits per heavy atom. The molecule has 2 nitrogen and oxygen atoms in total. The second-order valence-electron chi connectivity index (χ2n) is 3.31. The minimum absolute atomic E-state index is 0.00424. The number of aliphatic hydroxyl groups excluding tert-OH is 1. The van der Waals surface area contributed by atoms with E-state index in [1.54, 1.807) is 0 Å². The molecule has 0 aliphatic heterocycles. The van der Waals surface area contributed by atoms with Crippen LogP contribution in [0.2, 0.25) is 0 Å². The van der Waals surface area contributed by atoms with Gasteiger partial charge in [0.15, 0.2) is 0 Å². The summed E-state index contributed by atoms with van der Waals surface area (Å²) in [5.74, 6) is 1.17. The van der Waals surface area contributed by atoms with Crippen molar-refractivity contribution in [3.8, 4) is 0 Å². The summed E-state index contributed by atoms with van der Waals surface area (Å²) >= 11 is 1.85. The molecule has 0 rings (SSSR count). The van der Waals surface area contributed by atoms with Crippen molar-refractivity contribution in [1.82, 2.24) is 0 Å². The van der Waals surface area contributed by atoms with Gasteiger partial charge in [-0.15, -0.1) is 0 Å². The first-order chi connectivity index (χ1) is 5.74. The highest BCUT2D eigenvalue weighted by Crippen LogP contribution is 2.26. The van der Waals surface area contributed by atoms with Gasteiger partial charge in [-0.25, -0.2) is 0 Å². The summed E-state index contributed by atoms with van der Waals surface area (Å²) in [7, 11) is 0. The zero-order valence-corrected chi connectivity index (χ0v) is 8.99. The van der Waals surface area contributed by atoms with Crippen LogP contribution in [0.25, 0.3) is 0 Å². The minimum Gasteiger partial charge on any atom is -0.396 e. The Balaban J connectivity index is 3.76. The number of thioether (sulfide) groups is 1. The fraction of sp³-hybridized carbons (Fsp3) is 1.00. The molecule has 1 atom stereocenters. The van der Waals surface area contributed by atoms with Crippen molar-refractivity contribution in [3.05, 3.63) is 0 Å². The van der Waals surface area contributed by atoms with E-state index in [9.17, 15) is 5.11 Å². The summed E-state index contributed by atoms with van der Waals surface area (Å²) in [5, 5.41) is 9.19. The van der Waals surface area contributed by atoms with Crippen LogP contribution in [0.3, 0.4) is 0 Å². The fourth-order valence-corrected chi connectivity index (χ4v) is 1.70. The Hall–Kier alpha value is 0.270. The molecule has 0 aliphatic rings. The highest BCUT2D eigenvalue weighted by Gasteiger charge is 2.24. The third-order valence-electron chi connectivity index (χ3n) is 2.57. The molecule has 0 heterocycles. The van der Waals surface area contributed by atoms with E-state index >= 15 is 0 Å². The smallest absolute Gasteiger partial charge is 0.0499 e. The van der Waals surface area contributed by atoms with Crippen LogP contribution in [-0.2, 0) is 0 Å². The van der Waals surface area contributed by atoms with E-state index in [-0.39, 0.29) is 12.0 Å². The average molecular weight is 191 g/mol. The standard InChI is InChI=1S/C9H21NOS/c1-3-9(7-10,8-11)5-4-6-12-2/h11H,3-8,10H2,1-2H3. The van der Waals surface area contributed by atoms with E-state index in [1.807, 2.05) is 11.8 Å². The van der Waals surface area contributed by atoms with Gasteiger partial charge in [-0.3, -0.25) is 0 Å². The Kier molecular flexibility index (Phi) is 6.90. The van der Waals surface area contributed by atoms with Gasteiger partial charge in [-0.1, -0.05) is 6.92 Å². The van der Waals surface area contributed by atoms with E-state index < -0.39 is 0 Å². The van der Waals surface area contributed by atoms with E-state index in [1.165, 1.54) is 5.75 Å². The van der Waals surface area contributed by atoms with E-state index in [0.717, 1.165) is 19.3 Å². The van der Waals surface area contributed by atoms with Crippen LogP contribution in [0.4, 0.5) is 0 Å². The van der Waals surface area contributed by atoms with Gasteiger partial charge in [0.2, 0.25) is 0 Å². The maximum atomic E-state index is 9.19. The molecule has 0 bridgehead atoms. The first kappa shape index (κ1) is 12.3. The van der Waals surface area contributed by atoms with Gasteiger partial charge in [0.25, 0.3) is 0 Å². The van der Waals surface area contributed by atoms with Crippen LogP contribution in [0.5, 0.6) is 0 Å². The van der Waals surface area contributed by atoms with Crippen LogP contribution in [0.15, 0.2) is 0 Å². The van der Waals surface area contributed by atoms with E-state index in [4.69, 9.17) is 5.73 Å². The summed E-state index contributed by atoms with van der Waals surface area (Å²) in [6.45, 7) is 2.94. The molecule has 0 aromatic carbocycles. The molecule has 0 spiro atoms. The van der Waals surface area contributed by atoms with Gasteiger partial charge in [0.05, 0.1) is 0 Å². The second-order valence-corrected chi connectivity index (χ2v) is 4.30. The first-order valence-corrected chi connectivity index (χ1v) is 5.94. The lowest BCUT2D eigenvalue weighted by Crippen LogP contribution is -2.33. The zero-order valence-electron chi connectivity index (χ0n) is 8.18. The van der Waals surface area contributed by atoms with Crippen molar-refractivity contribution in [2.75, 3.05) is 25.2 Å². The summed E-state index contributed by atoms with van der Waals surface area (Å²) in [5.41, 5.74) is 5.64. The summed E-state index contributed by atoms with van der Waals surface area (Å²) in [6.07, 6.45) is 5.30. The van der Waals surface area contributed by atoms with Crippen LogP contribution in [0.1, 0.15) is 26.2 Å². The number of hydrogen-bond acceptors (Lipinski definition) is 3. The predicted octanol–water partition coefficient (Wildman–Crippen LogP) is 1.48. The second kappa shape index (κ2) is 6.75. The molecule has 0 aromatic heterocycles. The Morgan fingerprint density at radius 3 is 2.50 bits per heavy atom. The van der Waals surface area contributed by atoms with Gasteiger partial charge < -0.3 is 10.8 Å². The number of nitrogens with two attached hydrogens (primary N) is 1. The largest absolute Gasteiger partial charge is 0.396 e. The minimum atomic E-state index is -0.00424. The average Bonchev–Trinajstić information content (AvgIpc) is 2.14. The molecule has 0 aromatic rings. The normalized spacial score (nSPS) is 16.0. The highest BCUT2D eigenvalue weighted by molar-refractivity contribution is 7.98. The number of rotatable bonds is 7. The maximum absolute atomic E-state index is 9.19. The molecular formula is C9H21NOS. The van der Waals surface area contributed by atoms with Crippen molar-refractivity contribution in [2.45, 2.75) is 26.2 Å². The molecule has 0 amide bonds. The molecule has 0 saturated carbocycles. The highest BCUT2D eigenvalue weighted by atomic mass is 32.2. The van der Waals surface area contributed by atoms with Crippen LogP contribution in [-0.4, -0.2) is 30.3 Å². The monoisotopic (exact) mass is 191 g/mol. The maximum Gasteiger partial charge on any atom is 0.0499 e. The van der Waals surface area contributed by atoms with Crippen LogP contribution < -0.4 is 5.73 Å². The van der Waals surface area contributed by atoms with Gasteiger partial charge in [-0.2, -0.15) is 11.8 Å². The molecule has 74 valence electrons. The van der Waals surface area contributed by atoms with Crippen molar-refractivity contribution < 1.29 is 5.11 Å². The molecular weight excluding hydrogens is 170 g/mol. The fourth-order valence-electron chi connectivity index (χ4n) is 1.27. The SMILES string of the molecule is CCC(CN)(CO)CCCSC. The topological polar surface area (TPSA) is 46.2 Å². The Morgan fingerprint density at radius 1 is 1.50 bits per heavy atom. The van der Waals surface area contributed by atoms with Gasteiger partial charge in [0.1, 0.15) is 0 Å². The van der Waals surface area contributed by atoms with E-state index in [0.29, 0.717) is 6.54 Å². The molecule has 12 heavy (non-hydrogen) atoms. The predicted molar refractivity (Wildman–Crippen MR) is 56.5 cm³/mol. The third kappa shape index (κ3) is 3.78. The van der Waals surface area contributed by atoms with Crippen molar-refractivity contribution in [1.29, 1.82) is 0 Å². The Labute approximate surface area is 79.9 Å². The quantitative estimate of drug-likeness (QED) is 0.599. The first-order valence-electron chi connectivity index (χ1n) is 4.54. The number of hydrogen-bond donors (Lipinski definition) is 2. The zero-order chi connectivity index (χ0) is 9.45. The Bertz CT molecular complexity index is 96.4. The van der Waals surface area contributed by atoms with Gasteiger partial charge in [-0.05, 0) is 31.3 Å². The van der Waals surface area contributed by atoms with Crippen molar-refractivity contribution >= 4 is 11.8 Å². The summed E-state index contributed by atoms with van der Waals surface area (Å²) < 4.78 is 0. The van der Waals surface area contributed by atoms with Crippen LogP contribution in [0, 0.1) is 5.41 Å². The molecule has 0 radical (unpaired) electrons. The summed E-state index contributed by atoms with van der Waals surface area (Å²) in [4.78, 5) is 0. The molecule has 3 N–H and O–H groups in total. The van der Waals surface area contributed by atoms with Gasteiger partial charge in [0, 0.05) is 18.6 Å². The summed E-state index contributed by atoms with van der Waals surface area (Å²) in [6, 6.07) is 0. The lowest BCUT2D eigenvalue weighted by Gasteiger charge is -2.28. The van der Waals surface area contributed by atoms with Crippen molar-refractivity contribution in [2.24, 2.45) is 11.1 Å². The molecule has 0 aliphatic carbocycles. The molecule has 0 fully saturated rings. The molecule has 1 unspecified atom stereocenters. The lowest BCUT2D eigenvalue weighted by atomic mass is 9.82. The van der Waals surface area contributed by atoms with Crippen LogP contribution >= 0.6 is 11.8 Å². The molecule has 0 saturated heterocycles. The van der Waals surface area contributed by atoms with Gasteiger partial charge >= 0.3 is 0 Å². The number of aliphatic hydroxyl groups is 1.